The molecule has 3 aromatic heterocycles. The molecule has 0 aliphatic carbocycles. The highest BCUT2D eigenvalue weighted by Gasteiger charge is 2.34. The first-order chi connectivity index (χ1) is 15.1. The minimum absolute atomic E-state index is 0.140. The number of carbonyl (C=O) groups excluding carboxylic acids is 2. The molecule has 4 rings (SSSR count). The smallest absolute Gasteiger partial charge is 0.354 e. The molecule has 168 valence electrons. The summed E-state index contributed by atoms with van der Waals surface area (Å²) in [4.78, 5) is 37.1. The van der Waals surface area contributed by atoms with Crippen LogP contribution in [0.5, 0.6) is 0 Å². The van der Waals surface area contributed by atoms with E-state index in [9.17, 15) is 22.8 Å². The van der Waals surface area contributed by atoms with Gasteiger partial charge in [-0.1, -0.05) is 11.6 Å². The predicted molar refractivity (Wildman–Crippen MR) is 111 cm³/mol. The number of aromatic nitrogens is 4. The second kappa shape index (κ2) is 8.39. The van der Waals surface area contributed by atoms with Gasteiger partial charge < -0.3 is 20.5 Å². The molecule has 0 radical (unpaired) electrons. The van der Waals surface area contributed by atoms with E-state index < -0.39 is 28.7 Å². The lowest BCUT2D eigenvalue weighted by Crippen LogP contribution is -2.28. The highest BCUT2D eigenvalue weighted by molar-refractivity contribution is 7.13. The third-order valence-electron chi connectivity index (χ3n) is 4.57. The van der Waals surface area contributed by atoms with Crippen molar-refractivity contribution in [1.29, 1.82) is 0 Å². The molecule has 14 heteroatoms. The summed E-state index contributed by atoms with van der Waals surface area (Å²) in [5, 5.41) is 8.03. The Bertz CT molecular complexity index is 1190. The summed E-state index contributed by atoms with van der Waals surface area (Å²) in [7, 11) is 0. The molecule has 0 saturated heterocycles. The Morgan fingerprint density at radius 3 is 2.75 bits per heavy atom. The van der Waals surface area contributed by atoms with Crippen molar-refractivity contribution >= 4 is 46.5 Å². The normalized spacial score (nSPS) is 13.9. The fraction of sp³-hybridized carbons (Fsp3) is 0.278. The van der Waals surface area contributed by atoms with Crippen LogP contribution >= 0.6 is 22.9 Å². The molecule has 32 heavy (non-hydrogen) atoms. The first-order valence-electron chi connectivity index (χ1n) is 9.23. The number of thiazole rings is 1. The summed E-state index contributed by atoms with van der Waals surface area (Å²) in [6.07, 6.45) is -1.12. The molecule has 0 saturated carbocycles. The van der Waals surface area contributed by atoms with Crippen LogP contribution in [0.4, 0.5) is 24.9 Å². The highest BCUT2D eigenvalue weighted by atomic mass is 35.5. The number of nitrogens with zero attached hydrogens (tertiary/aromatic N) is 4. The summed E-state index contributed by atoms with van der Waals surface area (Å²) in [6, 6.07) is 0.143. The monoisotopic (exact) mass is 485 g/mol. The van der Waals surface area contributed by atoms with Crippen molar-refractivity contribution in [3.05, 3.63) is 50.8 Å². The lowest BCUT2D eigenvalue weighted by molar-refractivity contribution is -0.137. The Morgan fingerprint density at radius 2 is 2.00 bits per heavy atom. The zero-order chi connectivity index (χ0) is 23.0. The molecule has 0 fully saturated rings. The first kappa shape index (κ1) is 22.0. The number of hydrogen-bond donors (Lipinski definition) is 3. The molecule has 3 aromatic rings. The van der Waals surface area contributed by atoms with Gasteiger partial charge in [0.25, 0.3) is 11.8 Å². The van der Waals surface area contributed by atoms with Gasteiger partial charge >= 0.3 is 6.18 Å². The van der Waals surface area contributed by atoms with Crippen molar-refractivity contribution in [2.75, 3.05) is 17.2 Å². The zero-order valence-electron chi connectivity index (χ0n) is 16.3. The topological polar surface area (TPSA) is 114 Å². The van der Waals surface area contributed by atoms with Crippen LogP contribution in [-0.2, 0) is 12.7 Å². The number of carbonyl (C=O) groups is 2. The summed E-state index contributed by atoms with van der Waals surface area (Å²) >= 11 is 6.53. The lowest BCUT2D eigenvalue weighted by atomic mass is 10.2. The van der Waals surface area contributed by atoms with Crippen molar-refractivity contribution in [2.24, 2.45) is 0 Å². The van der Waals surface area contributed by atoms with E-state index in [0.29, 0.717) is 35.8 Å². The maximum atomic E-state index is 13.0. The quantitative estimate of drug-likeness (QED) is 0.509. The van der Waals surface area contributed by atoms with E-state index in [1.807, 2.05) is 0 Å². The van der Waals surface area contributed by atoms with Crippen molar-refractivity contribution in [3.63, 3.8) is 0 Å². The average molecular weight is 486 g/mol. The van der Waals surface area contributed by atoms with Crippen molar-refractivity contribution in [3.8, 4) is 0 Å². The standard InChI is InChI=1S/C18H15ClF3N7O2S/c1-8(27-14(30)11-6-26-17-23-2-3-29(11)17)16-25-7-12(32-16)15(31)28-13-4-9(18(20,21)22)10(19)5-24-13/h4-8H,2-3H2,1H3,(H,23,26)(H,27,30)(H,24,28,31)/t8-/m1/s1. The highest BCUT2D eigenvalue weighted by Crippen LogP contribution is 2.35. The minimum atomic E-state index is -4.68. The predicted octanol–water partition coefficient (Wildman–Crippen LogP) is 3.58. The second-order valence-electron chi connectivity index (χ2n) is 6.80. The Morgan fingerprint density at radius 1 is 1.22 bits per heavy atom. The van der Waals surface area contributed by atoms with Crippen LogP contribution in [0.15, 0.2) is 24.7 Å². The molecule has 0 bridgehead atoms. The molecule has 0 aromatic carbocycles. The first-order valence-corrected chi connectivity index (χ1v) is 10.4. The van der Waals surface area contributed by atoms with Gasteiger partial charge in [0.2, 0.25) is 5.95 Å². The van der Waals surface area contributed by atoms with Gasteiger partial charge in [0.05, 0.1) is 29.0 Å². The van der Waals surface area contributed by atoms with Gasteiger partial charge in [-0.15, -0.1) is 11.3 Å². The number of fused-ring (bicyclic) bond motifs is 1. The molecular weight excluding hydrogens is 471 g/mol. The molecule has 4 heterocycles. The van der Waals surface area contributed by atoms with E-state index in [4.69, 9.17) is 11.6 Å². The van der Waals surface area contributed by atoms with E-state index in [0.717, 1.165) is 17.5 Å². The average Bonchev–Trinajstić information content (AvgIpc) is 3.45. The van der Waals surface area contributed by atoms with Crippen LogP contribution in [0.2, 0.25) is 5.02 Å². The molecule has 1 aliphatic heterocycles. The Kier molecular flexibility index (Phi) is 5.77. The molecule has 9 nitrogen and oxygen atoms in total. The van der Waals surface area contributed by atoms with Crippen LogP contribution in [-0.4, -0.2) is 37.9 Å². The molecule has 0 unspecified atom stereocenters. The van der Waals surface area contributed by atoms with E-state index in [-0.39, 0.29) is 16.6 Å². The summed E-state index contributed by atoms with van der Waals surface area (Å²) in [5.74, 6) is -0.701. The van der Waals surface area contributed by atoms with E-state index in [2.05, 4.69) is 30.9 Å². The lowest BCUT2D eigenvalue weighted by Gasteiger charge is -2.11. The second-order valence-corrected chi connectivity index (χ2v) is 8.27. The van der Waals surface area contributed by atoms with Crippen molar-refractivity contribution in [1.82, 2.24) is 24.8 Å². The van der Waals surface area contributed by atoms with Gasteiger partial charge in [-0.05, 0) is 13.0 Å². The number of hydrogen-bond acceptors (Lipinski definition) is 7. The van der Waals surface area contributed by atoms with Crippen molar-refractivity contribution < 1.29 is 22.8 Å². The maximum Gasteiger partial charge on any atom is 0.418 e. The summed E-state index contributed by atoms with van der Waals surface area (Å²) < 4.78 is 40.7. The Labute approximate surface area is 188 Å². The molecular formula is C18H15ClF3N7O2S. The molecule has 0 spiro atoms. The van der Waals surface area contributed by atoms with Crippen LogP contribution in [0.1, 0.15) is 43.7 Å². The SMILES string of the molecule is C[C@@H](NC(=O)c1cnc2n1CCN2)c1ncc(C(=O)Nc2cc(C(F)(F)F)c(Cl)cn2)s1. The largest absolute Gasteiger partial charge is 0.418 e. The van der Waals surface area contributed by atoms with Gasteiger partial charge in [0.15, 0.2) is 0 Å². The van der Waals surface area contributed by atoms with Crippen LogP contribution in [0.3, 0.4) is 0 Å². The van der Waals surface area contributed by atoms with Crippen molar-refractivity contribution in [2.45, 2.75) is 25.7 Å². The number of anilines is 2. The minimum Gasteiger partial charge on any atom is -0.354 e. The summed E-state index contributed by atoms with van der Waals surface area (Å²) in [6.45, 7) is 3.02. The number of nitrogens with one attached hydrogen (secondary N) is 3. The fourth-order valence-corrected chi connectivity index (χ4v) is 4.06. The number of alkyl halides is 3. The molecule has 2 amide bonds. The number of rotatable bonds is 5. The van der Waals surface area contributed by atoms with E-state index in [1.165, 1.54) is 12.4 Å². The molecule has 1 aliphatic rings. The number of halogens is 4. The third kappa shape index (κ3) is 4.39. The van der Waals surface area contributed by atoms with Crippen LogP contribution in [0, 0.1) is 0 Å². The zero-order valence-corrected chi connectivity index (χ0v) is 17.9. The van der Waals surface area contributed by atoms with Gasteiger partial charge in [-0.2, -0.15) is 13.2 Å². The van der Waals surface area contributed by atoms with Crippen LogP contribution < -0.4 is 16.0 Å². The number of amides is 2. The van der Waals surface area contributed by atoms with E-state index in [1.54, 1.807) is 11.5 Å². The van der Waals surface area contributed by atoms with E-state index >= 15 is 0 Å². The third-order valence-corrected chi connectivity index (χ3v) is 6.05. The molecule has 3 N–H and O–H groups in total. The van der Waals surface area contributed by atoms with Gasteiger partial charge in [-0.25, -0.2) is 15.0 Å². The fourth-order valence-electron chi connectivity index (χ4n) is 3.03. The Hall–Kier alpha value is -3.19. The number of imidazole rings is 1. The number of pyridine rings is 1. The molecule has 1 atom stereocenters. The van der Waals surface area contributed by atoms with Gasteiger partial charge in [0.1, 0.15) is 21.4 Å². The van der Waals surface area contributed by atoms with Gasteiger partial charge in [0, 0.05) is 19.3 Å². The maximum absolute atomic E-state index is 13.0. The summed E-state index contributed by atoms with van der Waals surface area (Å²) in [5.41, 5.74) is -0.701. The van der Waals surface area contributed by atoms with Gasteiger partial charge in [-0.3, -0.25) is 9.59 Å². The Balaban J connectivity index is 1.43. The van der Waals surface area contributed by atoms with Crippen LogP contribution in [0.25, 0.3) is 0 Å².